The summed E-state index contributed by atoms with van der Waals surface area (Å²) in [5, 5.41) is 4.17. The van der Waals surface area contributed by atoms with Crippen molar-refractivity contribution in [2.75, 3.05) is 0 Å². The summed E-state index contributed by atoms with van der Waals surface area (Å²) < 4.78 is 5.41. The maximum atomic E-state index is 5.76. The Bertz CT molecular complexity index is 579. The van der Waals surface area contributed by atoms with E-state index >= 15 is 0 Å². The zero-order valence-electron chi connectivity index (χ0n) is 11.9. The van der Waals surface area contributed by atoms with Crippen molar-refractivity contribution in [1.82, 2.24) is 10.1 Å². The third-order valence-corrected chi connectivity index (χ3v) is 4.22. The molecule has 4 nitrogen and oxygen atoms in total. The Labute approximate surface area is 119 Å². The Kier molecular flexibility index (Phi) is 3.83. The van der Waals surface area contributed by atoms with Gasteiger partial charge >= 0.3 is 0 Å². The molecular formula is C16H21N3O. The molecule has 2 N–H and O–H groups in total. The van der Waals surface area contributed by atoms with Crippen LogP contribution in [0.2, 0.25) is 0 Å². The Morgan fingerprint density at radius 1 is 1.25 bits per heavy atom. The highest BCUT2D eigenvalue weighted by molar-refractivity contribution is 5.29. The van der Waals surface area contributed by atoms with Crippen LogP contribution in [-0.2, 0) is 13.0 Å². The molecular weight excluding hydrogens is 250 g/mol. The minimum absolute atomic E-state index is 0.479. The average molecular weight is 271 g/mol. The lowest BCUT2D eigenvalue weighted by Crippen LogP contribution is -2.02. The average Bonchev–Trinajstić information content (AvgIpc) is 3.08. The van der Waals surface area contributed by atoms with Gasteiger partial charge in [0.05, 0.1) is 6.42 Å². The molecule has 20 heavy (non-hydrogen) atoms. The van der Waals surface area contributed by atoms with E-state index in [9.17, 15) is 0 Å². The maximum absolute atomic E-state index is 5.76. The number of hydrogen-bond acceptors (Lipinski definition) is 4. The van der Waals surface area contributed by atoms with Crippen LogP contribution in [0.15, 0.2) is 28.8 Å². The van der Waals surface area contributed by atoms with Crippen LogP contribution in [0.4, 0.5) is 0 Å². The smallest absolute Gasteiger partial charge is 0.231 e. The standard InChI is InChI=1S/C16H21N3O/c1-11-6-7-13(8-11)16-18-15(20-19-16)9-12-4-2-3-5-14(12)10-17/h2-5,11,13H,6-10,17H2,1H3. The molecule has 2 aromatic rings. The van der Waals surface area contributed by atoms with E-state index < -0.39 is 0 Å². The first-order valence-corrected chi connectivity index (χ1v) is 7.35. The van der Waals surface area contributed by atoms with Crippen LogP contribution < -0.4 is 5.73 Å². The van der Waals surface area contributed by atoms with Crippen molar-refractivity contribution in [3.05, 3.63) is 47.1 Å². The normalized spacial score (nSPS) is 22.3. The number of rotatable bonds is 4. The lowest BCUT2D eigenvalue weighted by Gasteiger charge is -2.04. The summed E-state index contributed by atoms with van der Waals surface area (Å²) in [4.78, 5) is 4.58. The Hall–Kier alpha value is -1.68. The molecule has 0 bridgehead atoms. The van der Waals surface area contributed by atoms with Crippen molar-refractivity contribution >= 4 is 0 Å². The van der Waals surface area contributed by atoms with E-state index in [1.807, 2.05) is 18.2 Å². The molecule has 0 spiro atoms. The predicted molar refractivity (Wildman–Crippen MR) is 77.2 cm³/mol. The molecule has 106 valence electrons. The summed E-state index contributed by atoms with van der Waals surface area (Å²) in [6.07, 6.45) is 4.30. The van der Waals surface area contributed by atoms with Crippen molar-refractivity contribution in [3.8, 4) is 0 Å². The van der Waals surface area contributed by atoms with Gasteiger partial charge in [0.1, 0.15) is 0 Å². The monoisotopic (exact) mass is 271 g/mol. The minimum Gasteiger partial charge on any atom is -0.339 e. The summed E-state index contributed by atoms with van der Waals surface area (Å²) in [6, 6.07) is 8.14. The lowest BCUT2D eigenvalue weighted by molar-refractivity contribution is 0.375. The van der Waals surface area contributed by atoms with Crippen molar-refractivity contribution in [3.63, 3.8) is 0 Å². The fourth-order valence-electron chi connectivity index (χ4n) is 3.04. The first kappa shape index (κ1) is 13.3. The summed E-state index contributed by atoms with van der Waals surface area (Å²) in [6.45, 7) is 2.83. The fourth-order valence-corrected chi connectivity index (χ4v) is 3.04. The van der Waals surface area contributed by atoms with Gasteiger partial charge in [-0.2, -0.15) is 4.98 Å². The maximum Gasteiger partial charge on any atom is 0.231 e. The molecule has 0 radical (unpaired) electrons. The van der Waals surface area contributed by atoms with E-state index in [4.69, 9.17) is 10.3 Å². The molecule has 1 aliphatic carbocycles. The highest BCUT2D eigenvalue weighted by Crippen LogP contribution is 2.36. The van der Waals surface area contributed by atoms with Crippen LogP contribution in [0.3, 0.4) is 0 Å². The largest absolute Gasteiger partial charge is 0.339 e. The molecule has 0 aliphatic heterocycles. The lowest BCUT2D eigenvalue weighted by atomic mass is 10.0. The van der Waals surface area contributed by atoms with E-state index in [0.717, 1.165) is 17.3 Å². The van der Waals surface area contributed by atoms with Gasteiger partial charge in [-0.3, -0.25) is 0 Å². The Morgan fingerprint density at radius 3 is 2.75 bits per heavy atom. The summed E-state index contributed by atoms with van der Waals surface area (Å²) in [7, 11) is 0. The Morgan fingerprint density at radius 2 is 2.05 bits per heavy atom. The number of nitrogens with two attached hydrogens (primary N) is 1. The van der Waals surface area contributed by atoms with Gasteiger partial charge < -0.3 is 10.3 Å². The molecule has 4 heteroatoms. The second kappa shape index (κ2) is 5.75. The quantitative estimate of drug-likeness (QED) is 0.928. The van der Waals surface area contributed by atoms with Crippen molar-refractivity contribution in [1.29, 1.82) is 0 Å². The summed E-state index contributed by atoms with van der Waals surface area (Å²) in [5.41, 5.74) is 8.07. The molecule has 1 heterocycles. The van der Waals surface area contributed by atoms with Crippen LogP contribution in [0.25, 0.3) is 0 Å². The zero-order valence-corrected chi connectivity index (χ0v) is 11.9. The van der Waals surface area contributed by atoms with Crippen LogP contribution >= 0.6 is 0 Å². The molecule has 1 aliphatic rings. The van der Waals surface area contributed by atoms with Crippen LogP contribution in [0.5, 0.6) is 0 Å². The molecule has 0 saturated heterocycles. The molecule has 1 saturated carbocycles. The molecule has 2 unspecified atom stereocenters. The third kappa shape index (κ3) is 2.75. The number of hydrogen-bond donors (Lipinski definition) is 1. The SMILES string of the molecule is CC1CCC(c2noc(Cc3ccccc3CN)n2)C1. The Balaban J connectivity index is 1.74. The van der Waals surface area contributed by atoms with Gasteiger partial charge in [0.15, 0.2) is 5.82 Å². The van der Waals surface area contributed by atoms with Crippen LogP contribution in [0, 0.1) is 5.92 Å². The van der Waals surface area contributed by atoms with E-state index in [2.05, 4.69) is 23.1 Å². The van der Waals surface area contributed by atoms with Gasteiger partial charge in [0.2, 0.25) is 5.89 Å². The first-order chi connectivity index (χ1) is 9.76. The number of nitrogens with zero attached hydrogens (tertiary/aromatic N) is 2. The highest BCUT2D eigenvalue weighted by atomic mass is 16.5. The third-order valence-electron chi connectivity index (χ3n) is 4.22. The molecule has 1 aromatic carbocycles. The van der Waals surface area contributed by atoms with Crippen LogP contribution in [-0.4, -0.2) is 10.1 Å². The highest BCUT2D eigenvalue weighted by Gasteiger charge is 2.26. The van der Waals surface area contributed by atoms with Crippen molar-refractivity contribution in [2.24, 2.45) is 11.7 Å². The molecule has 1 aromatic heterocycles. The predicted octanol–water partition coefficient (Wildman–Crippen LogP) is 3.02. The minimum atomic E-state index is 0.479. The van der Waals surface area contributed by atoms with E-state index in [1.54, 1.807) is 0 Å². The number of aromatic nitrogens is 2. The molecule has 3 rings (SSSR count). The van der Waals surface area contributed by atoms with E-state index in [0.29, 0.717) is 24.8 Å². The molecule has 1 fully saturated rings. The van der Waals surface area contributed by atoms with Gasteiger partial charge in [-0.25, -0.2) is 0 Å². The first-order valence-electron chi connectivity index (χ1n) is 7.35. The van der Waals surface area contributed by atoms with Gasteiger partial charge in [0, 0.05) is 12.5 Å². The second-order valence-corrected chi connectivity index (χ2v) is 5.81. The van der Waals surface area contributed by atoms with Gasteiger partial charge in [-0.05, 0) is 36.3 Å². The van der Waals surface area contributed by atoms with Gasteiger partial charge in [0.25, 0.3) is 0 Å². The van der Waals surface area contributed by atoms with Gasteiger partial charge in [-0.1, -0.05) is 36.3 Å². The van der Waals surface area contributed by atoms with E-state index in [1.165, 1.54) is 24.8 Å². The van der Waals surface area contributed by atoms with Crippen LogP contribution in [0.1, 0.15) is 54.9 Å². The second-order valence-electron chi connectivity index (χ2n) is 5.81. The molecule has 0 amide bonds. The summed E-state index contributed by atoms with van der Waals surface area (Å²) >= 11 is 0. The van der Waals surface area contributed by atoms with Crippen molar-refractivity contribution < 1.29 is 4.52 Å². The van der Waals surface area contributed by atoms with E-state index in [-0.39, 0.29) is 0 Å². The fraction of sp³-hybridized carbons (Fsp3) is 0.500. The summed E-state index contributed by atoms with van der Waals surface area (Å²) in [5.74, 6) is 2.84. The van der Waals surface area contributed by atoms with Crippen molar-refractivity contribution in [2.45, 2.75) is 45.1 Å². The number of benzene rings is 1. The topological polar surface area (TPSA) is 64.9 Å². The van der Waals surface area contributed by atoms with Gasteiger partial charge in [-0.15, -0.1) is 0 Å². The molecule has 2 atom stereocenters. The zero-order chi connectivity index (χ0) is 13.9.